The fourth-order valence-corrected chi connectivity index (χ4v) is 6.83. The molecule has 5 aliphatic rings. The van der Waals surface area contributed by atoms with E-state index in [0.29, 0.717) is 62.8 Å². The number of nitrogens with zero attached hydrogens (tertiary/aromatic N) is 3. The van der Waals surface area contributed by atoms with Crippen LogP contribution in [-0.4, -0.2) is 87.4 Å². The van der Waals surface area contributed by atoms with Crippen LogP contribution in [0.5, 0.6) is 0 Å². The van der Waals surface area contributed by atoms with Gasteiger partial charge >= 0.3 is 0 Å². The molecule has 3 aliphatic carbocycles. The topological polar surface area (TPSA) is 122 Å². The summed E-state index contributed by atoms with van der Waals surface area (Å²) in [6.45, 7) is 2.36. The number of aliphatic hydroxyl groups is 2. The van der Waals surface area contributed by atoms with E-state index >= 15 is 0 Å². The van der Waals surface area contributed by atoms with Crippen molar-refractivity contribution in [3.63, 3.8) is 0 Å². The number of hydrogen-bond acceptors (Lipinski definition) is 7. The average molecular weight is 450 g/mol. The van der Waals surface area contributed by atoms with Gasteiger partial charge in [-0.1, -0.05) is 0 Å². The molecular weight excluding hydrogens is 410 g/mol. The molecule has 2 amide bonds. The van der Waals surface area contributed by atoms with Crippen molar-refractivity contribution >= 4 is 11.8 Å². The van der Waals surface area contributed by atoms with Crippen LogP contribution in [0.15, 0.2) is 0 Å². The zero-order valence-corrected chi connectivity index (χ0v) is 19.0. The minimum absolute atomic E-state index is 0.0854. The number of piperazine rings is 1. The summed E-state index contributed by atoms with van der Waals surface area (Å²) in [4.78, 5) is 29.1. The number of nitrogens with one attached hydrogen (secondary N) is 1. The highest BCUT2D eigenvalue weighted by Crippen LogP contribution is 2.44. The van der Waals surface area contributed by atoms with E-state index in [4.69, 9.17) is 5.84 Å². The van der Waals surface area contributed by atoms with Gasteiger partial charge in [0.1, 0.15) is 5.60 Å². The third-order valence-electron chi connectivity index (χ3n) is 9.08. The predicted octanol–water partition coefficient (Wildman–Crippen LogP) is -0.172. The molecule has 0 aromatic heterocycles. The Morgan fingerprint density at radius 2 is 1.56 bits per heavy atom. The predicted molar refractivity (Wildman–Crippen MR) is 117 cm³/mol. The molecule has 2 aliphatic heterocycles. The van der Waals surface area contributed by atoms with E-state index in [1.807, 2.05) is 4.90 Å². The fraction of sp³-hybridized carbons (Fsp3) is 0.913. The molecule has 180 valence electrons. The van der Waals surface area contributed by atoms with Crippen molar-refractivity contribution in [3.8, 4) is 0 Å². The first-order chi connectivity index (χ1) is 15.4. The van der Waals surface area contributed by atoms with Gasteiger partial charge in [-0.05, 0) is 75.5 Å². The number of carbonyl (C=O) groups excluding carboxylic acids is 2. The second kappa shape index (κ2) is 8.83. The van der Waals surface area contributed by atoms with Crippen molar-refractivity contribution in [3.05, 3.63) is 0 Å². The Hall–Kier alpha value is -1.26. The van der Waals surface area contributed by atoms with E-state index in [2.05, 4.69) is 5.43 Å². The van der Waals surface area contributed by atoms with E-state index in [-0.39, 0.29) is 30.4 Å². The lowest BCUT2D eigenvalue weighted by atomic mass is 9.67. The SMILES string of the molecule is NN1NC(CO)C2CCC(C3CCC(C(=O)N4CCN(C(=O)C5(O)CC5)CC4)CC3)CC21. The number of carbonyl (C=O) groups is 2. The van der Waals surface area contributed by atoms with E-state index in [1.54, 1.807) is 10.0 Å². The minimum Gasteiger partial charge on any atom is -0.395 e. The maximum Gasteiger partial charge on any atom is 0.254 e. The van der Waals surface area contributed by atoms with E-state index < -0.39 is 5.60 Å². The number of hydrogen-bond donors (Lipinski definition) is 4. The largest absolute Gasteiger partial charge is 0.395 e. The second-order valence-electron chi connectivity index (χ2n) is 10.9. The molecule has 5 N–H and O–H groups in total. The molecule has 0 radical (unpaired) electrons. The lowest BCUT2D eigenvalue weighted by Crippen LogP contribution is -2.54. The van der Waals surface area contributed by atoms with Gasteiger partial charge in [-0.25, -0.2) is 5.43 Å². The minimum atomic E-state index is -1.11. The molecule has 4 unspecified atom stereocenters. The Morgan fingerprint density at radius 3 is 2.19 bits per heavy atom. The fourth-order valence-electron chi connectivity index (χ4n) is 6.83. The van der Waals surface area contributed by atoms with Crippen LogP contribution in [0.4, 0.5) is 0 Å². The molecule has 2 saturated heterocycles. The van der Waals surface area contributed by atoms with E-state index in [0.717, 1.165) is 38.5 Å². The molecule has 0 aromatic carbocycles. The highest BCUT2D eigenvalue weighted by molar-refractivity contribution is 5.88. The molecule has 0 bridgehead atoms. The summed E-state index contributed by atoms with van der Waals surface area (Å²) >= 11 is 0. The molecule has 9 nitrogen and oxygen atoms in total. The average Bonchev–Trinajstić information content (AvgIpc) is 3.51. The van der Waals surface area contributed by atoms with Gasteiger partial charge in [-0.15, -0.1) is 0 Å². The molecule has 9 heteroatoms. The highest BCUT2D eigenvalue weighted by Gasteiger charge is 2.51. The van der Waals surface area contributed by atoms with Crippen molar-refractivity contribution < 1.29 is 19.8 Å². The summed E-state index contributed by atoms with van der Waals surface area (Å²) in [6, 6.07) is 0.389. The maximum absolute atomic E-state index is 13.1. The van der Waals surface area contributed by atoms with Crippen molar-refractivity contribution in [2.45, 2.75) is 75.5 Å². The summed E-state index contributed by atoms with van der Waals surface area (Å²) in [5.74, 6) is 8.13. The molecule has 4 atom stereocenters. The van der Waals surface area contributed by atoms with Crippen LogP contribution in [0.2, 0.25) is 0 Å². The first kappa shape index (κ1) is 22.5. The van der Waals surface area contributed by atoms with Crippen LogP contribution in [0, 0.1) is 23.7 Å². The normalized spacial score (nSPS) is 39.6. The third-order valence-corrected chi connectivity index (χ3v) is 9.08. The number of rotatable bonds is 4. The van der Waals surface area contributed by atoms with Gasteiger partial charge < -0.3 is 20.0 Å². The zero-order valence-electron chi connectivity index (χ0n) is 19.0. The van der Waals surface area contributed by atoms with Gasteiger partial charge in [0.15, 0.2) is 0 Å². The molecule has 0 spiro atoms. The van der Waals surface area contributed by atoms with Gasteiger partial charge in [0.2, 0.25) is 5.91 Å². The summed E-state index contributed by atoms with van der Waals surface area (Å²) < 4.78 is 0. The summed E-state index contributed by atoms with van der Waals surface area (Å²) in [7, 11) is 0. The standard InChI is InChI=1S/C23H39N5O4/c24-28-20-13-17(5-6-18(20)19(14-29)25-28)15-1-3-16(4-2-15)21(30)26-9-11-27(12-10-26)22(31)23(32)7-8-23/h15-20,25,29,32H,1-14,24H2. The number of nitrogens with two attached hydrogens (primary N) is 1. The van der Waals surface area contributed by atoms with Crippen molar-refractivity contribution in [1.29, 1.82) is 0 Å². The van der Waals surface area contributed by atoms with Gasteiger partial charge in [0.25, 0.3) is 5.91 Å². The Kier molecular flexibility index (Phi) is 6.22. The van der Waals surface area contributed by atoms with Crippen molar-refractivity contribution in [2.24, 2.45) is 29.5 Å². The molecule has 5 rings (SSSR count). The number of hydrazine groups is 2. The molecule has 3 saturated carbocycles. The molecule has 2 heterocycles. The summed E-state index contributed by atoms with van der Waals surface area (Å²) in [5.41, 5.74) is 2.11. The first-order valence-electron chi connectivity index (χ1n) is 12.6. The lowest BCUT2D eigenvalue weighted by Gasteiger charge is -2.42. The smallest absolute Gasteiger partial charge is 0.254 e. The van der Waals surface area contributed by atoms with Gasteiger partial charge in [-0.3, -0.25) is 15.4 Å². The van der Waals surface area contributed by atoms with Crippen LogP contribution >= 0.6 is 0 Å². The van der Waals surface area contributed by atoms with Crippen LogP contribution in [-0.2, 0) is 9.59 Å². The third kappa shape index (κ3) is 4.18. The van der Waals surface area contributed by atoms with Crippen molar-refractivity contribution in [2.75, 3.05) is 32.8 Å². The molecule has 32 heavy (non-hydrogen) atoms. The number of aliphatic hydroxyl groups excluding tert-OH is 1. The monoisotopic (exact) mass is 449 g/mol. The quantitative estimate of drug-likeness (QED) is 0.440. The van der Waals surface area contributed by atoms with E-state index in [9.17, 15) is 19.8 Å². The van der Waals surface area contributed by atoms with E-state index in [1.165, 1.54) is 6.42 Å². The van der Waals surface area contributed by atoms with Gasteiger partial charge in [-0.2, -0.15) is 5.12 Å². The summed E-state index contributed by atoms with van der Waals surface area (Å²) in [6.07, 6.45) is 8.63. The van der Waals surface area contributed by atoms with Gasteiger partial charge in [0.05, 0.1) is 12.6 Å². The maximum atomic E-state index is 13.1. The first-order valence-corrected chi connectivity index (χ1v) is 12.6. The number of fused-ring (bicyclic) bond motifs is 1. The Labute approximate surface area is 190 Å². The second-order valence-corrected chi connectivity index (χ2v) is 10.9. The lowest BCUT2D eigenvalue weighted by molar-refractivity contribution is -0.148. The molecule has 5 fully saturated rings. The number of amides is 2. The van der Waals surface area contributed by atoms with Crippen LogP contribution < -0.4 is 11.3 Å². The van der Waals surface area contributed by atoms with Crippen molar-refractivity contribution in [1.82, 2.24) is 20.3 Å². The van der Waals surface area contributed by atoms with Crippen LogP contribution in [0.1, 0.15) is 57.8 Å². The Bertz CT molecular complexity index is 715. The van der Waals surface area contributed by atoms with Gasteiger partial charge in [0, 0.05) is 38.1 Å². The molecular formula is C23H39N5O4. The highest BCUT2D eigenvalue weighted by atomic mass is 16.3. The summed E-state index contributed by atoms with van der Waals surface area (Å²) in [5, 5.41) is 21.4. The van der Waals surface area contributed by atoms with Crippen LogP contribution in [0.25, 0.3) is 0 Å². The Balaban J connectivity index is 1.08. The van der Waals surface area contributed by atoms with Crippen LogP contribution in [0.3, 0.4) is 0 Å². The molecule has 0 aromatic rings. The Morgan fingerprint density at radius 1 is 0.938 bits per heavy atom. The zero-order chi connectivity index (χ0) is 22.5.